The standard InChI is InChI=1S/C17H26N2O3/c1-5-11-18-17(21)15(12(3)4)19-16(20)13-7-9-14(10-8-13)22-6-2/h7-10,12,15H,5-6,11H2,1-4H3,(H,18,21)(H,19,20)/t15-/m0/s1. The third kappa shape index (κ3) is 5.39. The molecule has 2 N–H and O–H groups in total. The summed E-state index contributed by atoms with van der Waals surface area (Å²) in [6.45, 7) is 8.91. The summed E-state index contributed by atoms with van der Waals surface area (Å²) in [5, 5.41) is 5.62. The molecule has 1 aromatic rings. The number of rotatable bonds is 8. The van der Waals surface area contributed by atoms with Crippen LogP contribution in [0.2, 0.25) is 0 Å². The number of nitrogens with one attached hydrogen (secondary N) is 2. The van der Waals surface area contributed by atoms with Crippen LogP contribution in [0.15, 0.2) is 24.3 Å². The maximum Gasteiger partial charge on any atom is 0.251 e. The number of carbonyl (C=O) groups is 2. The highest BCUT2D eigenvalue weighted by Gasteiger charge is 2.24. The summed E-state index contributed by atoms with van der Waals surface area (Å²) in [6.07, 6.45) is 0.864. The molecule has 1 atom stereocenters. The van der Waals surface area contributed by atoms with Crippen LogP contribution in [-0.2, 0) is 4.79 Å². The Labute approximate surface area is 132 Å². The molecule has 1 aromatic carbocycles. The smallest absolute Gasteiger partial charge is 0.251 e. The van der Waals surface area contributed by atoms with E-state index in [-0.39, 0.29) is 17.7 Å². The van der Waals surface area contributed by atoms with Gasteiger partial charge in [-0.3, -0.25) is 9.59 Å². The fraction of sp³-hybridized carbons (Fsp3) is 0.529. The fourth-order valence-corrected chi connectivity index (χ4v) is 1.99. The summed E-state index contributed by atoms with van der Waals surface area (Å²) in [5.41, 5.74) is 0.511. The largest absolute Gasteiger partial charge is 0.494 e. The lowest BCUT2D eigenvalue weighted by atomic mass is 10.0. The van der Waals surface area contributed by atoms with Crippen LogP contribution in [0, 0.1) is 5.92 Å². The van der Waals surface area contributed by atoms with E-state index in [4.69, 9.17) is 4.74 Å². The number of hydrogen-bond acceptors (Lipinski definition) is 3. The topological polar surface area (TPSA) is 67.4 Å². The highest BCUT2D eigenvalue weighted by molar-refractivity contribution is 5.97. The van der Waals surface area contributed by atoms with Crippen LogP contribution in [0.4, 0.5) is 0 Å². The van der Waals surface area contributed by atoms with Gasteiger partial charge in [0.15, 0.2) is 0 Å². The Kier molecular flexibility index (Phi) is 7.43. The minimum absolute atomic E-state index is 0.0171. The van der Waals surface area contributed by atoms with Gasteiger partial charge in [-0.25, -0.2) is 0 Å². The molecular formula is C17H26N2O3. The number of ether oxygens (including phenoxy) is 1. The Morgan fingerprint density at radius 3 is 2.27 bits per heavy atom. The van der Waals surface area contributed by atoms with Gasteiger partial charge in [0.2, 0.25) is 5.91 Å². The number of amides is 2. The second-order valence-corrected chi connectivity index (χ2v) is 5.44. The van der Waals surface area contributed by atoms with Crippen LogP contribution in [0.3, 0.4) is 0 Å². The van der Waals surface area contributed by atoms with Crippen LogP contribution >= 0.6 is 0 Å². The normalized spacial score (nSPS) is 11.9. The second kappa shape index (κ2) is 9.07. The summed E-state index contributed by atoms with van der Waals surface area (Å²) in [4.78, 5) is 24.4. The molecule has 0 aliphatic heterocycles. The minimum Gasteiger partial charge on any atom is -0.494 e. The molecule has 0 saturated heterocycles. The van der Waals surface area contributed by atoms with E-state index in [0.717, 1.165) is 12.2 Å². The molecule has 122 valence electrons. The second-order valence-electron chi connectivity index (χ2n) is 5.44. The molecule has 0 aromatic heterocycles. The van der Waals surface area contributed by atoms with Crippen LogP contribution in [0.1, 0.15) is 44.5 Å². The molecule has 0 heterocycles. The molecule has 0 unspecified atom stereocenters. The molecule has 2 amide bonds. The predicted molar refractivity (Wildman–Crippen MR) is 87.0 cm³/mol. The van der Waals surface area contributed by atoms with Crippen LogP contribution in [-0.4, -0.2) is 31.0 Å². The first-order valence-corrected chi connectivity index (χ1v) is 7.81. The molecule has 0 saturated carbocycles. The van der Waals surface area contributed by atoms with E-state index in [9.17, 15) is 9.59 Å². The monoisotopic (exact) mass is 306 g/mol. The van der Waals surface area contributed by atoms with Crippen molar-refractivity contribution in [3.8, 4) is 5.75 Å². The Balaban J connectivity index is 2.72. The van der Waals surface area contributed by atoms with Crippen molar-refractivity contribution in [2.75, 3.05) is 13.2 Å². The van der Waals surface area contributed by atoms with Crippen LogP contribution < -0.4 is 15.4 Å². The average Bonchev–Trinajstić information content (AvgIpc) is 2.50. The number of benzene rings is 1. The van der Waals surface area contributed by atoms with Gasteiger partial charge in [-0.05, 0) is 43.5 Å². The Bertz CT molecular complexity index is 483. The fourth-order valence-electron chi connectivity index (χ4n) is 1.99. The zero-order chi connectivity index (χ0) is 16.5. The van der Waals surface area contributed by atoms with Crippen molar-refractivity contribution in [2.45, 2.75) is 40.2 Å². The molecule has 0 fully saturated rings. The average molecular weight is 306 g/mol. The van der Waals surface area contributed by atoms with E-state index in [1.807, 2.05) is 27.7 Å². The zero-order valence-electron chi connectivity index (χ0n) is 13.8. The van der Waals surface area contributed by atoms with E-state index < -0.39 is 6.04 Å². The maximum absolute atomic E-state index is 12.3. The van der Waals surface area contributed by atoms with Gasteiger partial charge < -0.3 is 15.4 Å². The van der Waals surface area contributed by atoms with Crippen LogP contribution in [0.25, 0.3) is 0 Å². The van der Waals surface area contributed by atoms with Gasteiger partial charge >= 0.3 is 0 Å². The Morgan fingerprint density at radius 2 is 1.77 bits per heavy atom. The molecule has 0 radical (unpaired) electrons. The molecule has 0 aliphatic rings. The first-order chi connectivity index (χ1) is 10.5. The molecule has 22 heavy (non-hydrogen) atoms. The van der Waals surface area contributed by atoms with E-state index in [1.165, 1.54) is 0 Å². The summed E-state index contributed by atoms with van der Waals surface area (Å²) < 4.78 is 5.35. The molecular weight excluding hydrogens is 280 g/mol. The lowest BCUT2D eigenvalue weighted by Crippen LogP contribution is -2.49. The Morgan fingerprint density at radius 1 is 1.14 bits per heavy atom. The SMILES string of the molecule is CCCNC(=O)[C@@H](NC(=O)c1ccc(OCC)cc1)C(C)C. The molecule has 1 rings (SSSR count). The van der Waals surface area contributed by atoms with Crippen molar-refractivity contribution in [3.63, 3.8) is 0 Å². The third-order valence-electron chi connectivity index (χ3n) is 3.21. The van der Waals surface area contributed by atoms with Crippen molar-refractivity contribution < 1.29 is 14.3 Å². The van der Waals surface area contributed by atoms with Crippen molar-refractivity contribution in [2.24, 2.45) is 5.92 Å². The summed E-state index contributed by atoms with van der Waals surface area (Å²) in [5.74, 6) is 0.341. The van der Waals surface area contributed by atoms with Gasteiger partial charge in [0.1, 0.15) is 11.8 Å². The van der Waals surface area contributed by atoms with Crippen LogP contribution in [0.5, 0.6) is 5.75 Å². The highest BCUT2D eigenvalue weighted by atomic mass is 16.5. The zero-order valence-corrected chi connectivity index (χ0v) is 13.8. The highest BCUT2D eigenvalue weighted by Crippen LogP contribution is 2.12. The lowest BCUT2D eigenvalue weighted by Gasteiger charge is -2.21. The Hall–Kier alpha value is -2.04. The van der Waals surface area contributed by atoms with E-state index in [2.05, 4.69) is 10.6 Å². The lowest BCUT2D eigenvalue weighted by molar-refractivity contribution is -0.123. The van der Waals surface area contributed by atoms with E-state index >= 15 is 0 Å². The van der Waals surface area contributed by atoms with Gasteiger partial charge in [-0.1, -0.05) is 20.8 Å². The van der Waals surface area contributed by atoms with Crippen molar-refractivity contribution in [1.29, 1.82) is 0 Å². The summed E-state index contributed by atoms with van der Waals surface area (Å²) >= 11 is 0. The van der Waals surface area contributed by atoms with E-state index in [1.54, 1.807) is 24.3 Å². The number of carbonyl (C=O) groups excluding carboxylic acids is 2. The van der Waals surface area contributed by atoms with Crippen molar-refractivity contribution in [3.05, 3.63) is 29.8 Å². The van der Waals surface area contributed by atoms with Crippen molar-refractivity contribution >= 4 is 11.8 Å². The first-order valence-electron chi connectivity index (χ1n) is 7.81. The van der Waals surface area contributed by atoms with Gasteiger partial charge in [0.05, 0.1) is 6.61 Å². The van der Waals surface area contributed by atoms with Gasteiger partial charge in [0.25, 0.3) is 5.91 Å². The van der Waals surface area contributed by atoms with Gasteiger partial charge in [0, 0.05) is 12.1 Å². The van der Waals surface area contributed by atoms with Crippen molar-refractivity contribution in [1.82, 2.24) is 10.6 Å². The minimum atomic E-state index is -0.536. The molecule has 5 heteroatoms. The quantitative estimate of drug-likeness (QED) is 0.775. The molecule has 0 bridgehead atoms. The van der Waals surface area contributed by atoms with Gasteiger partial charge in [-0.15, -0.1) is 0 Å². The molecule has 0 spiro atoms. The van der Waals surface area contributed by atoms with Gasteiger partial charge in [-0.2, -0.15) is 0 Å². The van der Waals surface area contributed by atoms with E-state index in [0.29, 0.717) is 18.7 Å². The number of hydrogen-bond donors (Lipinski definition) is 2. The predicted octanol–water partition coefficient (Wildman–Crippen LogP) is 2.37. The molecule has 0 aliphatic carbocycles. The summed E-state index contributed by atoms with van der Waals surface area (Å²) in [7, 11) is 0. The first kappa shape index (κ1) is 18.0. The maximum atomic E-state index is 12.3. The third-order valence-corrected chi connectivity index (χ3v) is 3.21. The molecule has 5 nitrogen and oxygen atoms in total. The summed E-state index contributed by atoms with van der Waals surface area (Å²) in [6, 6.07) is 6.36.